The van der Waals surface area contributed by atoms with Gasteiger partial charge in [-0.15, -0.1) is 11.6 Å². The van der Waals surface area contributed by atoms with Gasteiger partial charge in [-0.1, -0.05) is 17.7 Å². The highest BCUT2D eigenvalue weighted by Gasteiger charge is 2.11. The predicted molar refractivity (Wildman–Crippen MR) is 81.1 cm³/mol. The van der Waals surface area contributed by atoms with Crippen LogP contribution in [0.15, 0.2) is 36.7 Å². The van der Waals surface area contributed by atoms with E-state index in [1.165, 1.54) is 0 Å². The third-order valence-electron chi connectivity index (χ3n) is 3.26. The van der Waals surface area contributed by atoms with Gasteiger partial charge in [-0.25, -0.2) is 4.98 Å². The lowest BCUT2D eigenvalue weighted by atomic mass is 10.3. The van der Waals surface area contributed by atoms with Gasteiger partial charge in [-0.2, -0.15) is 5.10 Å². The van der Waals surface area contributed by atoms with Gasteiger partial charge >= 0.3 is 0 Å². The second-order valence-corrected chi connectivity index (χ2v) is 5.22. The Balaban J connectivity index is 1.84. The van der Waals surface area contributed by atoms with Crippen LogP contribution < -0.4 is 0 Å². The van der Waals surface area contributed by atoms with Gasteiger partial charge in [0.1, 0.15) is 11.3 Å². The molecule has 20 heavy (non-hydrogen) atoms. The van der Waals surface area contributed by atoms with E-state index < -0.39 is 0 Å². The molecule has 104 valence electrons. The van der Waals surface area contributed by atoms with Gasteiger partial charge < -0.3 is 4.57 Å². The largest absolute Gasteiger partial charge is 0.327 e. The summed E-state index contributed by atoms with van der Waals surface area (Å²) in [5.41, 5.74) is 1.86. The van der Waals surface area contributed by atoms with Crippen LogP contribution in [0.25, 0.3) is 11.0 Å². The Morgan fingerprint density at radius 3 is 2.80 bits per heavy atom. The van der Waals surface area contributed by atoms with Crippen LogP contribution in [-0.4, -0.2) is 19.3 Å². The van der Waals surface area contributed by atoms with E-state index in [0.29, 0.717) is 10.9 Å². The van der Waals surface area contributed by atoms with Gasteiger partial charge in [0.2, 0.25) is 0 Å². The fourth-order valence-electron chi connectivity index (χ4n) is 2.34. The molecule has 2 heterocycles. The van der Waals surface area contributed by atoms with E-state index in [1.807, 2.05) is 35.1 Å². The number of imidazole rings is 1. The summed E-state index contributed by atoms with van der Waals surface area (Å²) in [5, 5.41) is 4.87. The third-order valence-corrected chi connectivity index (χ3v) is 3.80. The van der Waals surface area contributed by atoms with Crippen LogP contribution in [0.5, 0.6) is 0 Å². The Bertz CT molecular complexity index is 703. The summed E-state index contributed by atoms with van der Waals surface area (Å²) in [6.45, 7) is 1.72. The molecule has 0 saturated heterocycles. The standard InChI is InChI=1S/C14H14Cl2N4/c15-10-13-18-14-11(16)4-1-5-12(14)20(13)9-3-8-19-7-2-6-17-19/h1-2,4-7H,3,8-10H2. The molecule has 0 unspecified atom stereocenters. The SMILES string of the molecule is ClCc1nc2c(Cl)cccc2n1CCCn1cccn1. The topological polar surface area (TPSA) is 35.6 Å². The van der Waals surface area contributed by atoms with Crippen molar-refractivity contribution in [2.75, 3.05) is 0 Å². The summed E-state index contributed by atoms with van der Waals surface area (Å²) < 4.78 is 4.06. The van der Waals surface area contributed by atoms with Crippen molar-refractivity contribution in [2.24, 2.45) is 0 Å². The number of rotatable bonds is 5. The Labute approximate surface area is 126 Å². The summed E-state index contributed by atoms with van der Waals surface area (Å²) in [7, 11) is 0. The smallest absolute Gasteiger partial charge is 0.124 e. The highest BCUT2D eigenvalue weighted by molar-refractivity contribution is 6.35. The molecule has 0 aliphatic rings. The zero-order valence-electron chi connectivity index (χ0n) is 10.8. The minimum atomic E-state index is 0.382. The summed E-state index contributed by atoms with van der Waals surface area (Å²) in [6, 6.07) is 7.74. The lowest BCUT2D eigenvalue weighted by molar-refractivity contribution is 0.526. The summed E-state index contributed by atoms with van der Waals surface area (Å²) in [6.07, 6.45) is 4.71. The molecule has 4 nitrogen and oxygen atoms in total. The van der Waals surface area contributed by atoms with Crippen molar-refractivity contribution in [1.82, 2.24) is 19.3 Å². The maximum absolute atomic E-state index is 6.18. The molecular weight excluding hydrogens is 295 g/mol. The van der Waals surface area contributed by atoms with E-state index >= 15 is 0 Å². The molecule has 0 saturated carbocycles. The third kappa shape index (κ3) is 2.53. The first-order valence-corrected chi connectivity index (χ1v) is 7.38. The van der Waals surface area contributed by atoms with Crippen molar-refractivity contribution >= 4 is 34.2 Å². The first kappa shape index (κ1) is 13.5. The fourth-order valence-corrected chi connectivity index (χ4v) is 2.75. The fraction of sp³-hybridized carbons (Fsp3) is 0.286. The van der Waals surface area contributed by atoms with E-state index in [-0.39, 0.29) is 0 Å². The number of aromatic nitrogens is 4. The summed E-state index contributed by atoms with van der Waals surface area (Å²) in [4.78, 5) is 4.52. The maximum atomic E-state index is 6.18. The molecule has 0 fully saturated rings. The molecule has 0 aliphatic carbocycles. The van der Waals surface area contributed by atoms with E-state index in [4.69, 9.17) is 23.2 Å². The number of aryl methyl sites for hydroxylation is 2. The highest BCUT2D eigenvalue weighted by atomic mass is 35.5. The Morgan fingerprint density at radius 1 is 1.15 bits per heavy atom. The molecule has 0 bridgehead atoms. The van der Waals surface area contributed by atoms with Crippen molar-refractivity contribution in [3.8, 4) is 0 Å². The van der Waals surface area contributed by atoms with Gasteiger partial charge in [-0.3, -0.25) is 4.68 Å². The van der Waals surface area contributed by atoms with Crippen molar-refractivity contribution in [3.05, 3.63) is 47.5 Å². The van der Waals surface area contributed by atoms with Gasteiger partial charge in [-0.05, 0) is 24.6 Å². The zero-order valence-corrected chi connectivity index (χ0v) is 12.3. The van der Waals surface area contributed by atoms with Crippen molar-refractivity contribution in [2.45, 2.75) is 25.4 Å². The predicted octanol–water partition coefficient (Wildman–Crippen LogP) is 3.72. The second-order valence-electron chi connectivity index (χ2n) is 4.54. The van der Waals surface area contributed by atoms with Crippen LogP contribution in [0.3, 0.4) is 0 Å². The molecule has 0 amide bonds. The summed E-state index contributed by atoms with van der Waals surface area (Å²) >= 11 is 12.2. The number of benzene rings is 1. The van der Waals surface area contributed by atoms with E-state index in [2.05, 4.69) is 14.6 Å². The molecule has 0 atom stereocenters. The van der Waals surface area contributed by atoms with E-state index in [9.17, 15) is 0 Å². The van der Waals surface area contributed by atoms with Crippen LogP contribution in [0, 0.1) is 0 Å². The average Bonchev–Trinajstić information content (AvgIpc) is 3.08. The van der Waals surface area contributed by atoms with Gasteiger partial charge in [0.15, 0.2) is 0 Å². The zero-order chi connectivity index (χ0) is 13.9. The lowest BCUT2D eigenvalue weighted by Crippen LogP contribution is -2.06. The van der Waals surface area contributed by atoms with Gasteiger partial charge in [0.05, 0.1) is 16.4 Å². The quantitative estimate of drug-likeness (QED) is 0.673. The second kappa shape index (κ2) is 5.85. The maximum Gasteiger partial charge on any atom is 0.124 e. The van der Waals surface area contributed by atoms with Crippen LogP contribution in [-0.2, 0) is 19.0 Å². The number of para-hydroxylation sites is 1. The summed E-state index contributed by atoms with van der Waals surface area (Å²) in [5.74, 6) is 1.24. The highest BCUT2D eigenvalue weighted by Crippen LogP contribution is 2.24. The molecule has 3 aromatic rings. The van der Waals surface area contributed by atoms with Gasteiger partial charge in [0, 0.05) is 25.5 Å². The number of hydrogen-bond donors (Lipinski definition) is 0. The van der Waals surface area contributed by atoms with Crippen LogP contribution in [0.2, 0.25) is 5.02 Å². The van der Waals surface area contributed by atoms with Crippen LogP contribution in [0.1, 0.15) is 12.2 Å². The van der Waals surface area contributed by atoms with Crippen molar-refractivity contribution in [3.63, 3.8) is 0 Å². The first-order valence-electron chi connectivity index (χ1n) is 6.46. The molecular formula is C14H14Cl2N4. The number of halogens is 2. The normalized spacial score (nSPS) is 11.3. The van der Waals surface area contributed by atoms with Crippen molar-refractivity contribution in [1.29, 1.82) is 0 Å². The number of alkyl halides is 1. The molecule has 2 aromatic heterocycles. The Kier molecular flexibility index (Phi) is 3.94. The minimum Gasteiger partial charge on any atom is -0.327 e. The van der Waals surface area contributed by atoms with Gasteiger partial charge in [0.25, 0.3) is 0 Å². The molecule has 1 aromatic carbocycles. The number of hydrogen-bond acceptors (Lipinski definition) is 2. The molecule has 3 rings (SSSR count). The van der Waals surface area contributed by atoms with E-state index in [1.54, 1.807) is 6.20 Å². The molecule has 0 N–H and O–H groups in total. The van der Waals surface area contributed by atoms with Crippen LogP contribution >= 0.6 is 23.2 Å². The average molecular weight is 309 g/mol. The molecule has 0 radical (unpaired) electrons. The first-order chi connectivity index (χ1) is 9.79. The monoisotopic (exact) mass is 308 g/mol. The van der Waals surface area contributed by atoms with Crippen molar-refractivity contribution < 1.29 is 0 Å². The number of fused-ring (bicyclic) bond motifs is 1. The number of nitrogens with zero attached hydrogens (tertiary/aromatic N) is 4. The molecule has 6 heteroatoms. The molecule has 0 spiro atoms. The molecule has 0 aliphatic heterocycles. The lowest BCUT2D eigenvalue weighted by Gasteiger charge is -2.08. The Hall–Kier alpha value is -1.52. The Morgan fingerprint density at radius 2 is 2.05 bits per heavy atom. The minimum absolute atomic E-state index is 0.382. The van der Waals surface area contributed by atoms with E-state index in [0.717, 1.165) is 36.4 Å². The van der Waals surface area contributed by atoms with Crippen LogP contribution in [0.4, 0.5) is 0 Å².